The van der Waals surface area contributed by atoms with Crippen molar-refractivity contribution in [1.29, 1.82) is 0 Å². The molecule has 0 saturated carbocycles. The summed E-state index contributed by atoms with van der Waals surface area (Å²) in [6.07, 6.45) is 0.196. The molecule has 2 aromatic carbocycles. The van der Waals surface area contributed by atoms with Gasteiger partial charge in [-0.05, 0) is 40.6 Å². The van der Waals surface area contributed by atoms with Crippen molar-refractivity contribution >= 4 is 20.4 Å². The van der Waals surface area contributed by atoms with Crippen LogP contribution in [0.2, 0.25) is 16.6 Å². The van der Waals surface area contributed by atoms with E-state index in [-0.39, 0.29) is 13.2 Å². The van der Waals surface area contributed by atoms with E-state index in [9.17, 15) is 9.59 Å². The molecule has 0 spiro atoms. The van der Waals surface area contributed by atoms with E-state index in [2.05, 4.69) is 53.4 Å². The lowest BCUT2D eigenvalue weighted by Crippen LogP contribution is -2.48. The van der Waals surface area contributed by atoms with Gasteiger partial charge in [0.1, 0.15) is 19.3 Å². The molecule has 0 aliphatic heterocycles. The topological polar surface area (TPSA) is 73.9 Å². The van der Waals surface area contributed by atoms with Crippen LogP contribution in [0.3, 0.4) is 0 Å². The average Bonchev–Trinajstić information content (AvgIpc) is 2.89. The van der Waals surface area contributed by atoms with Crippen LogP contribution in [-0.2, 0) is 31.9 Å². The molecule has 0 heterocycles. The molecule has 1 N–H and O–H groups in total. The third-order valence-corrected chi connectivity index (χ3v) is 13.1. The second kappa shape index (κ2) is 15.5. The molecule has 0 aliphatic rings. The number of amides is 1. The SMILES string of the molecule is C=C(CC[C@H](NC(=O)OCc1ccccc1)C(=O)OCc1ccccc1)CO[Si](C(C)C)(C(C)C)C(C)C. The van der Waals surface area contributed by atoms with Crippen LogP contribution in [0.15, 0.2) is 72.8 Å². The van der Waals surface area contributed by atoms with Crippen molar-refractivity contribution < 1.29 is 23.5 Å². The number of esters is 1. The quantitative estimate of drug-likeness (QED) is 0.144. The van der Waals surface area contributed by atoms with Gasteiger partial charge in [0.25, 0.3) is 0 Å². The first-order chi connectivity index (χ1) is 18.1. The summed E-state index contributed by atoms with van der Waals surface area (Å²) in [5.41, 5.74) is 4.04. The summed E-state index contributed by atoms with van der Waals surface area (Å²) >= 11 is 0. The Bertz CT molecular complexity index is 986. The van der Waals surface area contributed by atoms with Gasteiger partial charge in [0.2, 0.25) is 8.32 Å². The van der Waals surface area contributed by atoms with Crippen molar-refractivity contribution in [2.24, 2.45) is 0 Å². The second-order valence-corrected chi connectivity index (χ2v) is 16.2. The van der Waals surface area contributed by atoms with E-state index in [0.717, 1.165) is 16.7 Å². The first-order valence-corrected chi connectivity index (χ1v) is 15.7. The fourth-order valence-corrected chi connectivity index (χ4v) is 10.6. The Labute approximate surface area is 229 Å². The molecule has 2 rings (SSSR count). The zero-order valence-electron chi connectivity index (χ0n) is 23.9. The van der Waals surface area contributed by atoms with Crippen LogP contribution in [0, 0.1) is 0 Å². The van der Waals surface area contributed by atoms with Crippen LogP contribution in [0.4, 0.5) is 4.79 Å². The fraction of sp³-hybridized carbons (Fsp3) is 0.484. The highest BCUT2D eigenvalue weighted by atomic mass is 28.4. The highest BCUT2D eigenvalue weighted by molar-refractivity contribution is 6.77. The number of rotatable bonds is 15. The minimum Gasteiger partial charge on any atom is -0.459 e. The van der Waals surface area contributed by atoms with Crippen LogP contribution in [0.1, 0.15) is 65.5 Å². The highest BCUT2D eigenvalue weighted by Crippen LogP contribution is 2.42. The van der Waals surface area contributed by atoms with E-state index < -0.39 is 26.4 Å². The van der Waals surface area contributed by atoms with Gasteiger partial charge in [-0.25, -0.2) is 9.59 Å². The highest BCUT2D eigenvalue weighted by Gasteiger charge is 2.45. The summed E-state index contributed by atoms with van der Waals surface area (Å²) in [6.45, 7) is 18.4. The van der Waals surface area contributed by atoms with Crippen molar-refractivity contribution in [2.75, 3.05) is 6.61 Å². The van der Waals surface area contributed by atoms with Crippen molar-refractivity contribution in [3.63, 3.8) is 0 Å². The zero-order chi connectivity index (χ0) is 28.1. The largest absolute Gasteiger partial charge is 0.459 e. The summed E-state index contributed by atoms with van der Waals surface area (Å²) in [5.74, 6) is -0.505. The van der Waals surface area contributed by atoms with Crippen LogP contribution >= 0.6 is 0 Å². The van der Waals surface area contributed by atoms with E-state index in [1.54, 1.807) is 0 Å². The predicted molar refractivity (Wildman–Crippen MR) is 155 cm³/mol. The Balaban J connectivity index is 2.00. The van der Waals surface area contributed by atoms with E-state index in [1.165, 1.54) is 0 Å². The standard InChI is InChI=1S/C31H45NO5Si/c1-23(2)38(24(3)4,25(5)6)37-20-26(7)18-19-29(30(33)35-21-27-14-10-8-11-15-27)32-31(34)36-22-28-16-12-9-13-17-28/h8-17,23-25,29H,7,18-22H2,1-6H3,(H,32,34)/t29-/m0/s1. The predicted octanol–water partition coefficient (Wildman–Crippen LogP) is 7.55. The van der Waals surface area contributed by atoms with Gasteiger partial charge in [-0.2, -0.15) is 0 Å². The molecule has 0 bridgehead atoms. The number of benzene rings is 2. The van der Waals surface area contributed by atoms with Gasteiger partial charge in [0, 0.05) is 0 Å². The number of carbonyl (C=O) groups is 2. The lowest BCUT2D eigenvalue weighted by molar-refractivity contribution is -0.147. The summed E-state index contributed by atoms with van der Waals surface area (Å²) < 4.78 is 17.5. The molecular formula is C31H45NO5Si. The Kier molecular flexibility index (Phi) is 12.8. The summed E-state index contributed by atoms with van der Waals surface area (Å²) in [6, 6.07) is 18.0. The third kappa shape index (κ3) is 9.44. The van der Waals surface area contributed by atoms with Crippen LogP contribution in [0.25, 0.3) is 0 Å². The summed E-state index contributed by atoms with van der Waals surface area (Å²) in [7, 11) is -2.03. The maximum Gasteiger partial charge on any atom is 0.408 e. The molecular weight excluding hydrogens is 494 g/mol. The van der Waals surface area contributed by atoms with Crippen molar-refractivity contribution in [2.45, 2.75) is 90.3 Å². The fourth-order valence-electron chi connectivity index (χ4n) is 5.13. The van der Waals surface area contributed by atoms with Crippen LogP contribution < -0.4 is 5.32 Å². The molecule has 38 heavy (non-hydrogen) atoms. The van der Waals surface area contributed by atoms with Gasteiger partial charge >= 0.3 is 12.1 Å². The molecule has 0 aromatic heterocycles. The van der Waals surface area contributed by atoms with Gasteiger partial charge < -0.3 is 19.2 Å². The van der Waals surface area contributed by atoms with Gasteiger partial charge in [-0.3, -0.25) is 0 Å². The molecule has 1 amide bonds. The van der Waals surface area contributed by atoms with E-state index in [0.29, 0.717) is 36.1 Å². The second-order valence-electron chi connectivity index (χ2n) is 10.7. The van der Waals surface area contributed by atoms with Gasteiger partial charge in [0.15, 0.2) is 0 Å². The van der Waals surface area contributed by atoms with Gasteiger partial charge in [0.05, 0.1) is 6.61 Å². The smallest absolute Gasteiger partial charge is 0.408 e. The number of hydrogen-bond donors (Lipinski definition) is 1. The maximum absolute atomic E-state index is 13.0. The molecule has 1 atom stereocenters. The molecule has 0 aliphatic carbocycles. The van der Waals surface area contributed by atoms with Crippen molar-refractivity contribution in [3.8, 4) is 0 Å². The first-order valence-electron chi connectivity index (χ1n) is 13.5. The number of carbonyl (C=O) groups excluding carboxylic acids is 2. The van der Waals surface area contributed by atoms with Gasteiger partial charge in [-0.1, -0.05) is 114 Å². The minimum absolute atomic E-state index is 0.116. The maximum atomic E-state index is 13.0. The molecule has 208 valence electrons. The lowest BCUT2D eigenvalue weighted by Gasteiger charge is -2.42. The van der Waals surface area contributed by atoms with Crippen LogP contribution in [-0.4, -0.2) is 33.0 Å². The van der Waals surface area contributed by atoms with Gasteiger partial charge in [-0.15, -0.1) is 0 Å². The third-order valence-electron chi connectivity index (χ3n) is 7.03. The average molecular weight is 540 g/mol. The molecule has 0 radical (unpaired) electrons. The normalized spacial score (nSPS) is 12.4. The number of ether oxygens (including phenoxy) is 2. The Hall–Kier alpha value is -2.90. The van der Waals surface area contributed by atoms with E-state index >= 15 is 0 Å². The molecule has 6 nitrogen and oxygen atoms in total. The van der Waals surface area contributed by atoms with E-state index in [1.807, 2.05) is 60.7 Å². The Morgan fingerprint density at radius 2 is 1.26 bits per heavy atom. The molecule has 7 heteroatoms. The minimum atomic E-state index is -2.03. The Morgan fingerprint density at radius 3 is 1.74 bits per heavy atom. The molecule has 2 aromatic rings. The van der Waals surface area contributed by atoms with Crippen molar-refractivity contribution in [3.05, 3.63) is 83.9 Å². The Morgan fingerprint density at radius 1 is 0.789 bits per heavy atom. The van der Waals surface area contributed by atoms with Crippen molar-refractivity contribution in [1.82, 2.24) is 5.32 Å². The molecule has 0 fully saturated rings. The number of nitrogens with one attached hydrogen (secondary N) is 1. The summed E-state index contributed by atoms with van der Waals surface area (Å²) in [4.78, 5) is 25.5. The van der Waals surface area contributed by atoms with Crippen LogP contribution in [0.5, 0.6) is 0 Å². The monoisotopic (exact) mass is 539 g/mol. The summed E-state index contributed by atoms with van der Waals surface area (Å²) in [5, 5.41) is 2.70. The molecule has 0 unspecified atom stereocenters. The first kappa shape index (κ1) is 31.3. The molecule has 0 saturated heterocycles. The zero-order valence-corrected chi connectivity index (χ0v) is 24.9. The lowest BCUT2D eigenvalue weighted by atomic mass is 10.1. The van der Waals surface area contributed by atoms with E-state index in [4.69, 9.17) is 13.9 Å². The number of hydrogen-bond acceptors (Lipinski definition) is 5. The number of alkyl carbamates (subject to hydrolysis) is 1.